The number of carbonyl (C=O) groups excluding carboxylic acids is 1. The van der Waals surface area contributed by atoms with Gasteiger partial charge in [0.05, 0.1) is 21.4 Å². The van der Waals surface area contributed by atoms with Gasteiger partial charge >= 0.3 is 6.01 Å². The Kier molecular flexibility index (Phi) is 4.62. The SMILES string of the molecule is CCc1[nH]c2nc(Oc3ccc4nccnc4c3)nc(N3CC4C(C3)C4NC(C)=O)c2c1Cl. The maximum Gasteiger partial charge on any atom is 0.325 e. The summed E-state index contributed by atoms with van der Waals surface area (Å²) in [5.74, 6) is 2.20. The molecule has 2 unspecified atom stereocenters. The first kappa shape index (κ1) is 20.2. The van der Waals surface area contributed by atoms with Gasteiger partial charge in [-0.1, -0.05) is 18.5 Å². The van der Waals surface area contributed by atoms with Crippen molar-refractivity contribution in [2.45, 2.75) is 26.3 Å². The van der Waals surface area contributed by atoms with Crippen LogP contribution in [0.1, 0.15) is 19.5 Å². The minimum atomic E-state index is 0.0161. The molecule has 1 saturated carbocycles. The largest absolute Gasteiger partial charge is 0.424 e. The number of anilines is 1. The topological polar surface area (TPSA) is 109 Å². The summed E-state index contributed by atoms with van der Waals surface area (Å²) >= 11 is 6.71. The first-order chi connectivity index (χ1) is 16.0. The van der Waals surface area contributed by atoms with Crippen molar-refractivity contribution in [3.05, 3.63) is 41.3 Å². The highest BCUT2D eigenvalue weighted by molar-refractivity contribution is 6.37. The van der Waals surface area contributed by atoms with Crippen LogP contribution in [0.2, 0.25) is 5.02 Å². The van der Waals surface area contributed by atoms with Gasteiger partial charge in [-0.3, -0.25) is 14.8 Å². The molecule has 168 valence electrons. The van der Waals surface area contributed by atoms with Gasteiger partial charge in [0.1, 0.15) is 17.2 Å². The summed E-state index contributed by atoms with van der Waals surface area (Å²) in [5.41, 5.74) is 3.09. The zero-order valence-corrected chi connectivity index (χ0v) is 18.9. The number of ether oxygens (including phenoxy) is 1. The van der Waals surface area contributed by atoms with Gasteiger partial charge in [0.25, 0.3) is 0 Å². The van der Waals surface area contributed by atoms with E-state index in [0.717, 1.165) is 47.4 Å². The van der Waals surface area contributed by atoms with Crippen LogP contribution in [0, 0.1) is 11.8 Å². The fraction of sp³-hybridized carbons (Fsp3) is 0.348. The van der Waals surface area contributed by atoms with Crippen LogP contribution in [0.15, 0.2) is 30.6 Å². The molecule has 1 aliphatic heterocycles. The van der Waals surface area contributed by atoms with Gasteiger partial charge in [0, 0.05) is 62.0 Å². The number of nitrogens with zero attached hydrogens (tertiary/aromatic N) is 5. The molecule has 1 aliphatic carbocycles. The molecule has 2 fully saturated rings. The number of halogens is 1. The first-order valence-corrected chi connectivity index (χ1v) is 11.4. The van der Waals surface area contributed by atoms with Crippen LogP contribution in [0.25, 0.3) is 22.1 Å². The summed E-state index contributed by atoms with van der Waals surface area (Å²) in [6.45, 7) is 5.21. The molecule has 9 nitrogen and oxygen atoms in total. The van der Waals surface area contributed by atoms with Gasteiger partial charge in [0.15, 0.2) is 0 Å². The predicted octanol–water partition coefficient (Wildman–Crippen LogP) is 3.48. The Bertz CT molecular complexity index is 1390. The third-order valence-corrected chi connectivity index (χ3v) is 6.91. The average Bonchev–Trinajstić information content (AvgIpc) is 3.12. The van der Waals surface area contributed by atoms with Crippen molar-refractivity contribution in [3.8, 4) is 11.8 Å². The molecule has 0 radical (unpaired) electrons. The molecule has 4 aromatic rings. The molecule has 0 bridgehead atoms. The fourth-order valence-corrected chi connectivity index (χ4v) is 5.20. The molecule has 2 atom stereocenters. The zero-order valence-electron chi connectivity index (χ0n) is 18.2. The number of hydrogen-bond donors (Lipinski definition) is 2. The molecule has 0 spiro atoms. The van der Waals surface area contributed by atoms with Crippen molar-refractivity contribution in [3.63, 3.8) is 0 Å². The Hall–Kier alpha value is -3.46. The minimum Gasteiger partial charge on any atom is -0.424 e. The Balaban J connectivity index is 1.36. The normalized spacial score (nSPS) is 21.4. The number of carbonyl (C=O) groups is 1. The summed E-state index contributed by atoms with van der Waals surface area (Å²) in [7, 11) is 0. The molecule has 6 rings (SSSR count). The van der Waals surface area contributed by atoms with Crippen molar-refractivity contribution in [2.24, 2.45) is 11.8 Å². The number of aromatic nitrogens is 5. The number of fused-ring (bicyclic) bond motifs is 3. The van der Waals surface area contributed by atoms with E-state index in [1.165, 1.54) is 0 Å². The van der Waals surface area contributed by atoms with Crippen molar-refractivity contribution in [1.29, 1.82) is 0 Å². The van der Waals surface area contributed by atoms with Crippen LogP contribution in [0.4, 0.5) is 5.82 Å². The lowest BCUT2D eigenvalue weighted by Gasteiger charge is -2.22. The quantitative estimate of drug-likeness (QED) is 0.466. The highest BCUT2D eigenvalue weighted by Gasteiger charge is 2.56. The zero-order chi connectivity index (χ0) is 22.7. The van der Waals surface area contributed by atoms with E-state index in [-0.39, 0.29) is 18.0 Å². The second-order valence-electron chi connectivity index (χ2n) is 8.59. The van der Waals surface area contributed by atoms with Crippen molar-refractivity contribution < 1.29 is 9.53 Å². The average molecular weight is 464 g/mol. The van der Waals surface area contributed by atoms with E-state index in [1.54, 1.807) is 19.3 Å². The number of aryl methyl sites for hydroxylation is 1. The van der Waals surface area contributed by atoms with E-state index in [1.807, 2.05) is 25.1 Å². The van der Waals surface area contributed by atoms with Gasteiger partial charge in [-0.15, -0.1) is 0 Å². The fourth-order valence-electron chi connectivity index (χ4n) is 4.85. The Morgan fingerprint density at radius 2 is 1.97 bits per heavy atom. The maximum absolute atomic E-state index is 11.4. The third-order valence-electron chi connectivity index (χ3n) is 6.49. The van der Waals surface area contributed by atoms with Crippen LogP contribution in [-0.4, -0.2) is 50.0 Å². The lowest BCUT2D eigenvalue weighted by Crippen LogP contribution is -2.33. The summed E-state index contributed by atoms with van der Waals surface area (Å²) in [6.07, 6.45) is 4.06. The van der Waals surface area contributed by atoms with Gasteiger partial charge in [-0.25, -0.2) is 0 Å². The molecule has 1 amide bonds. The maximum atomic E-state index is 11.4. The second-order valence-corrected chi connectivity index (χ2v) is 8.97. The number of amides is 1. The number of H-pyrrole nitrogens is 1. The molecule has 33 heavy (non-hydrogen) atoms. The highest BCUT2D eigenvalue weighted by Crippen LogP contribution is 2.48. The second kappa shape index (κ2) is 7.55. The summed E-state index contributed by atoms with van der Waals surface area (Å²) in [5, 5.41) is 4.50. The molecule has 4 heterocycles. The lowest BCUT2D eigenvalue weighted by molar-refractivity contribution is -0.119. The van der Waals surface area contributed by atoms with E-state index in [9.17, 15) is 4.79 Å². The van der Waals surface area contributed by atoms with Crippen LogP contribution >= 0.6 is 11.6 Å². The van der Waals surface area contributed by atoms with Crippen molar-refractivity contribution in [2.75, 3.05) is 18.0 Å². The van der Waals surface area contributed by atoms with Crippen LogP contribution < -0.4 is 15.0 Å². The molecular formula is C23H22ClN7O2. The van der Waals surface area contributed by atoms with Crippen LogP contribution in [-0.2, 0) is 11.2 Å². The first-order valence-electron chi connectivity index (χ1n) is 11.0. The van der Waals surface area contributed by atoms with Gasteiger partial charge < -0.3 is 19.9 Å². The monoisotopic (exact) mass is 463 g/mol. The number of piperidine rings is 1. The summed E-state index contributed by atoms with van der Waals surface area (Å²) in [6, 6.07) is 5.98. The highest BCUT2D eigenvalue weighted by atomic mass is 35.5. The summed E-state index contributed by atoms with van der Waals surface area (Å²) < 4.78 is 6.05. The number of nitrogens with one attached hydrogen (secondary N) is 2. The number of aromatic amines is 1. The number of rotatable bonds is 5. The smallest absolute Gasteiger partial charge is 0.325 e. The summed E-state index contributed by atoms with van der Waals surface area (Å²) in [4.78, 5) is 35.0. The van der Waals surface area contributed by atoms with Gasteiger partial charge in [-0.05, 0) is 18.6 Å². The van der Waals surface area contributed by atoms with E-state index >= 15 is 0 Å². The number of hydrogen-bond acceptors (Lipinski definition) is 7. The van der Waals surface area contributed by atoms with Gasteiger partial charge in [-0.2, -0.15) is 9.97 Å². The van der Waals surface area contributed by atoms with Crippen LogP contribution in [0.3, 0.4) is 0 Å². The molecule has 1 saturated heterocycles. The van der Waals surface area contributed by atoms with Crippen molar-refractivity contribution >= 4 is 45.4 Å². The van der Waals surface area contributed by atoms with E-state index in [0.29, 0.717) is 28.3 Å². The molecule has 1 aromatic carbocycles. The van der Waals surface area contributed by atoms with Gasteiger partial charge in [0.2, 0.25) is 5.91 Å². The molecule has 10 heteroatoms. The number of benzene rings is 1. The third kappa shape index (κ3) is 3.43. The van der Waals surface area contributed by atoms with E-state index < -0.39 is 0 Å². The van der Waals surface area contributed by atoms with E-state index in [4.69, 9.17) is 21.3 Å². The Morgan fingerprint density at radius 3 is 2.70 bits per heavy atom. The van der Waals surface area contributed by atoms with E-state index in [2.05, 4.69) is 30.2 Å². The Morgan fingerprint density at radius 1 is 1.21 bits per heavy atom. The van der Waals surface area contributed by atoms with Crippen molar-refractivity contribution in [1.82, 2.24) is 30.2 Å². The predicted molar refractivity (Wildman–Crippen MR) is 125 cm³/mol. The molecule has 3 aromatic heterocycles. The van der Waals surface area contributed by atoms with Crippen LogP contribution in [0.5, 0.6) is 11.8 Å². The standard InChI is InChI=1S/C23H22ClN7O2/c1-3-15-19(24)18-21(28-15)29-23(33-12-4-5-16-17(8-12)26-7-6-25-16)30-22(18)31-9-13-14(10-31)20(13)27-11(2)32/h4-8,13-14,20H,3,9-10H2,1-2H3,(H,27,32)(H,28,29,30). The Labute approximate surface area is 194 Å². The minimum absolute atomic E-state index is 0.0161. The molecule has 2 aliphatic rings. The lowest BCUT2D eigenvalue weighted by atomic mass is 10.2. The molecule has 2 N–H and O–H groups in total. The molecular weight excluding hydrogens is 442 g/mol.